The third-order valence-corrected chi connectivity index (χ3v) is 3.89. The highest BCUT2D eigenvalue weighted by Gasteiger charge is 2.18. The average Bonchev–Trinajstić information content (AvgIpc) is 2.96. The van der Waals surface area contributed by atoms with Gasteiger partial charge < -0.3 is 5.11 Å². The topological polar surface area (TPSA) is 108 Å². The Hall–Kier alpha value is -2.28. The largest absolute Gasteiger partial charge is 0.384 e. The molecule has 0 saturated heterocycles. The van der Waals surface area contributed by atoms with Crippen molar-refractivity contribution in [3.05, 3.63) is 41.7 Å². The molecular formula is C12H11FN4O3S. The summed E-state index contributed by atoms with van der Waals surface area (Å²) in [5.74, 6) is 4.42. The number of nitrogens with zero attached hydrogens (tertiary/aromatic N) is 2. The van der Waals surface area contributed by atoms with Crippen molar-refractivity contribution in [2.75, 3.05) is 6.61 Å². The molecule has 21 heavy (non-hydrogen) atoms. The second-order valence-corrected chi connectivity index (χ2v) is 5.59. The number of benzene rings is 1. The monoisotopic (exact) mass is 310 g/mol. The average molecular weight is 310 g/mol. The van der Waals surface area contributed by atoms with Gasteiger partial charge >= 0.3 is 0 Å². The molecule has 7 nitrogen and oxygen atoms in total. The molecule has 1 heterocycles. The van der Waals surface area contributed by atoms with E-state index in [1.807, 2.05) is 0 Å². The van der Waals surface area contributed by atoms with Gasteiger partial charge in [-0.05, 0) is 18.2 Å². The number of aromatic nitrogens is 3. The van der Waals surface area contributed by atoms with E-state index in [4.69, 9.17) is 5.11 Å². The highest BCUT2D eigenvalue weighted by Crippen LogP contribution is 2.16. The molecule has 0 atom stereocenters. The third-order valence-electron chi connectivity index (χ3n) is 2.43. The molecule has 0 aliphatic rings. The number of aliphatic hydroxyl groups excluding tert-OH is 1. The lowest BCUT2D eigenvalue weighted by molar-refractivity contribution is 0.350. The Morgan fingerprint density at radius 1 is 1.43 bits per heavy atom. The summed E-state index contributed by atoms with van der Waals surface area (Å²) < 4.78 is 39.9. The molecule has 0 aliphatic heterocycles. The molecule has 0 unspecified atom stereocenters. The summed E-state index contributed by atoms with van der Waals surface area (Å²) in [6, 6.07) is 3.12. The number of H-pyrrole nitrogens is 1. The van der Waals surface area contributed by atoms with E-state index in [0.717, 1.165) is 18.2 Å². The van der Waals surface area contributed by atoms with Gasteiger partial charge in [0.05, 0.1) is 11.4 Å². The molecule has 2 rings (SSSR count). The van der Waals surface area contributed by atoms with E-state index in [-0.39, 0.29) is 17.0 Å². The van der Waals surface area contributed by atoms with Crippen LogP contribution >= 0.6 is 0 Å². The standard InChI is InChI=1S/C12H11FN4O3S/c13-10-3-4-11(9(6-10)2-1-5-18)21(19,20)16-7-12-14-8-15-17-12/h3-4,6,8,16,18H,5,7H2,(H,14,15,17). The van der Waals surface area contributed by atoms with Gasteiger partial charge in [0, 0.05) is 5.56 Å². The summed E-state index contributed by atoms with van der Waals surface area (Å²) in [6.07, 6.45) is 1.25. The Balaban J connectivity index is 2.30. The summed E-state index contributed by atoms with van der Waals surface area (Å²) in [7, 11) is -3.90. The lowest BCUT2D eigenvalue weighted by atomic mass is 10.2. The first-order valence-electron chi connectivity index (χ1n) is 5.76. The fourth-order valence-electron chi connectivity index (χ4n) is 1.53. The van der Waals surface area contributed by atoms with Gasteiger partial charge in [0.25, 0.3) is 0 Å². The van der Waals surface area contributed by atoms with Crippen LogP contribution in [0.4, 0.5) is 4.39 Å². The van der Waals surface area contributed by atoms with E-state index >= 15 is 0 Å². The molecule has 0 fully saturated rings. The zero-order valence-corrected chi connectivity index (χ0v) is 11.5. The van der Waals surface area contributed by atoms with Crippen LogP contribution in [0.3, 0.4) is 0 Å². The van der Waals surface area contributed by atoms with Crippen LogP contribution in [0.25, 0.3) is 0 Å². The molecule has 110 valence electrons. The normalized spacial score (nSPS) is 11.0. The van der Waals surface area contributed by atoms with E-state index in [0.29, 0.717) is 5.82 Å². The van der Waals surface area contributed by atoms with Crippen molar-refractivity contribution in [3.8, 4) is 11.8 Å². The molecule has 1 aromatic heterocycles. The molecule has 2 aromatic rings. The van der Waals surface area contributed by atoms with E-state index in [1.165, 1.54) is 6.33 Å². The number of hydrogen-bond donors (Lipinski definition) is 3. The van der Waals surface area contributed by atoms with Crippen molar-refractivity contribution in [1.29, 1.82) is 0 Å². The zero-order valence-electron chi connectivity index (χ0n) is 10.7. The quantitative estimate of drug-likeness (QED) is 0.676. The summed E-state index contributed by atoms with van der Waals surface area (Å²) in [5.41, 5.74) is -0.0332. The Labute approximate surface area is 120 Å². The number of nitrogens with one attached hydrogen (secondary N) is 2. The number of aromatic amines is 1. The zero-order chi connectivity index (χ0) is 15.3. The molecular weight excluding hydrogens is 299 g/mol. The van der Waals surface area contributed by atoms with Gasteiger partial charge in [0.15, 0.2) is 0 Å². The Morgan fingerprint density at radius 3 is 2.90 bits per heavy atom. The third kappa shape index (κ3) is 3.85. The van der Waals surface area contributed by atoms with Crippen molar-refractivity contribution in [3.63, 3.8) is 0 Å². The predicted octanol–water partition coefficient (Wildman–Crippen LogP) is -0.234. The second kappa shape index (κ2) is 6.45. The minimum Gasteiger partial charge on any atom is -0.384 e. The minimum absolute atomic E-state index is 0.0332. The smallest absolute Gasteiger partial charge is 0.242 e. The first kappa shape index (κ1) is 15.1. The van der Waals surface area contributed by atoms with Crippen molar-refractivity contribution in [1.82, 2.24) is 19.9 Å². The van der Waals surface area contributed by atoms with Crippen LogP contribution in [0, 0.1) is 17.7 Å². The minimum atomic E-state index is -3.90. The van der Waals surface area contributed by atoms with Gasteiger partial charge in [0.1, 0.15) is 24.6 Å². The van der Waals surface area contributed by atoms with Crippen LogP contribution in [-0.2, 0) is 16.6 Å². The summed E-state index contributed by atoms with van der Waals surface area (Å²) in [6.45, 7) is -0.548. The maximum absolute atomic E-state index is 13.2. The lowest BCUT2D eigenvalue weighted by Gasteiger charge is -2.07. The van der Waals surface area contributed by atoms with E-state index in [1.54, 1.807) is 0 Å². The van der Waals surface area contributed by atoms with Crippen molar-refractivity contribution >= 4 is 10.0 Å². The molecule has 0 radical (unpaired) electrons. The van der Waals surface area contributed by atoms with Crippen LogP contribution < -0.4 is 4.72 Å². The van der Waals surface area contributed by atoms with Crippen LogP contribution in [-0.4, -0.2) is 35.3 Å². The van der Waals surface area contributed by atoms with Gasteiger partial charge in [-0.2, -0.15) is 5.10 Å². The van der Waals surface area contributed by atoms with Crippen molar-refractivity contribution in [2.24, 2.45) is 0 Å². The first-order chi connectivity index (χ1) is 10.0. The Kier molecular flexibility index (Phi) is 4.64. The van der Waals surface area contributed by atoms with Crippen LogP contribution in [0.5, 0.6) is 0 Å². The van der Waals surface area contributed by atoms with Gasteiger partial charge in [-0.25, -0.2) is 22.5 Å². The number of sulfonamides is 1. The summed E-state index contributed by atoms with van der Waals surface area (Å²) >= 11 is 0. The molecule has 9 heteroatoms. The second-order valence-electron chi connectivity index (χ2n) is 3.86. The number of hydrogen-bond acceptors (Lipinski definition) is 5. The maximum Gasteiger partial charge on any atom is 0.242 e. The van der Waals surface area contributed by atoms with Gasteiger partial charge in [-0.15, -0.1) is 0 Å². The van der Waals surface area contributed by atoms with E-state index < -0.39 is 22.4 Å². The molecule has 0 bridgehead atoms. The van der Waals surface area contributed by atoms with E-state index in [9.17, 15) is 12.8 Å². The van der Waals surface area contributed by atoms with Crippen LogP contribution in [0.1, 0.15) is 11.4 Å². The van der Waals surface area contributed by atoms with Crippen molar-refractivity contribution in [2.45, 2.75) is 11.4 Å². The predicted molar refractivity (Wildman–Crippen MR) is 70.8 cm³/mol. The SMILES string of the molecule is O=S(=O)(NCc1ncn[nH]1)c1ccc(F)cc1C#CCO. The number of halogens is 1. The molecule has 1 aromatic carbocycles. The Morgan fingerprint density at radius 2 is 2.24 bits per heavy atom. The van der Waals surface area contributed by atoms with Gasteiger partial charge in [-0.1, -0.05) is 11.8 Å². The fraction of sp³-hybridized carbons (Fsp3) is 0.167. The van der Waals surface area contributed by atoms with Gasteiger partial charge in [0.2, 0.25) is 10.0 Å². The molecule has 0 spiro atoms. The number of rotatable bonds is 4. The number of aliphatic hydroxyl groups is 1. The highest BCUT2D eigenvalue weighted by atomic mass is 32.2. The fourth-order valence-corrected chi connectivity index (χ4v) is 2.65. The van der Waals surface area contributed by atoms with Crippen LogP contribution in [0.2, 0.25) is 0 Å². The molecule has 0 saturated carbocycles. The highest BCUT2D eigenvalue weighted by molar-refractivity contribution is 7.89. The first-order valence-corrected chi connectivity index (χ1v) is 7.24. The molecule has 0 aliphatic carbocycles. The summed E-state index contributed by atoms with van der Waals surface area (Å²) in [4.78, 5) is 3.61. The Bertz CT molecular complexity index is 779. The molecule has 0 amide bonds. The lowest BCUT2D eigenvalue weighted by Crippen LogP contribution is -2.24. The summed E-state index contributed by atoms with van der Waals surface area (Å²) in [5, 5.41) is 14.8. The maximum atomic E-state index is 13.2. The van der Waals surface area contributed by atoms with E-state index in [2.05, 4.69) is 31.7 Å². The van der Waals surface area contributed by atoms with Crippen molar-refractivity contribution < 1.29 is 17.9 Å². The van der Waals surface area contributed by atoms with Gasteiger partial charge in [-0.3, -0.25) is 5.10 Å². The van der Waals surface area contributed by atoms with Crippen LogP contribution in [0.15, 0.2) is 29.4 Å². The molecule has 3 N–H and O–H groups in total.